The molecule has 2 rings (SSSR count). The third kappa shape index (κ3) is 3.48. The zero-order valence-electron chi connectivity index (χ0n) is 10.6. The summed E-state index contributed by atoms with van der Waals surface area (Å²) >= 11 is 0. The highest BCUT2D eigenvalue weighted by atomic mass is 19.1. The molecule has 0 amide bonds. The van der Waals surface area contributed by atoms with Crippen LogP contribution in [0.4, 0.5) is 10.1 Å². The van der Waals surface area contributed by atoms with Crippen LogP contribution in [0.5, 0.6) is 0 Å². The number of hydrogen-bond acceptors (Lipinski definition) is 4. The third-order valence-corrected chi connectivity index (χ3v) is 3.48. The summed E-state index contributed by atoms with van der Waals surface area (Å²) in [7, 11) is 0. The lowest BCUT2D eigenvalue weighted by atomic mass is 10.0. The van der Waals surface area contributed by atoms with Crippen molar-refractivity contribution in [3.05, 3.63) is 39.7 Å². The van der Waals surface area contributed by atoms with Gasteiger partial charge < -0.3 is 10.5 Å². The van der Waals surface area contributed by atoms with Crippen molar-refractivity contribution in [3.63, 3.8) is 0 Å². The summed E-state index contributed by atoms with van der Waals surface area (Å²) in [4.78, 5) is 10.3. The van der Waals surface area contributed by atoms with E-state index >= 15 is 0 Å². The number of nitrogens with zero attached hydrogens (tertiary/aromatic N) is 1. The molecule has 1 saturated carbocycles. The minimum atomic E-state index is -0.536. The van der Waals surface area contributed by atoms with E-state index < -0.39 is 10.7 Å². The van der Waals surface area contributed by atoms with Gasteiger partial charge >= 0.3 is 0 Å². The second-order valence-electron chi connectivity index (χ2n) is 5.09. The number of nitrogens with two attached hydrogens (primary N) is 1. The Bertz CT molecular complexity index is 473. The van der Waals surface area contributed by atoms with Crippen LogP contribution >= 0.6 is 0 Å². The van der Waals surface area contributed by atoms with Gasteiger partial charge in [0.25, 0.3) is 5.69 Å². The monoisotopic (exact) mass is 268 g/mol. The summed E-state index contributed by atoms with van der Waals surface area (Å²) in [6, 6.07) is 3.36. The fourth-order valence-electron chi connectivity index (χ4n) is 2.44. The average molecular weight is 268 g/mol. The van der Waals surface area contributed by atoms with E-state index in [1.54, 1.807) is 0 Å². The normalized spacial score (nSPS) is 17.6. The number of benzene rings is 1. The molecule has 0 aliphatic heterocycles. The Morgan fingerprint density at radius 3 is 2.74 bits per heavy atom. The van der Waals surface area contributed by atoms with Crippen LogP contribution in [0.2, 0.25) is 0 Å². The maximum atomic E-state index is 13.1. The molecule has 0 aromatic heterocycles. The van der Waals surface area contributed by atoms with Crippen molar-refractivity contribution >= 4 is 5.69 Å². The van der Waals surface area contributed by atoms with Gasteiger partial charge in [0.2, 0.25) is 0 Å². The Labute approximate surface area is 110 Å². The van der Waals surface area contributed by atoms with Gasteiger partial charge in [-0.3, -0.25) is 10.1 Å². The standard InChI is InChI=1S/C13H17FN2O3/c14-11-3-4-12(16(17)18)10(7-11)8-19-9-13(15)5-1-2-6-13/h3-4,7H,1-2,5-6,8-9,15H2. The molecule has 1 aliphatic rings. The predicted octanol–water partition coefficient (Wildman–Crippen LogP) is 2.52. The van der Waals surface area contributed by atoms with Crippen molar-refractivity contribution < 1.29 is 14.1 Å². The van der Waals surface area contributed by atoms with Gasteiger partial charge in [-0.25, -0.2) is 4.39 Å². The first-order valence-corrected chi connectivity index (χ1v) is 6.30. The molecule has 0 atom stereocenters. The van der Waals surface area contributed by atoms with Gasteiger partial charge in [0.15, 0.2) is 0 Å². The highest BCUT2D eigenvalue weighted by molar-refractivity contribution is 5.39. The summed E-state index contributed by atoms with van der Waals surface area (Å²) in [6.07, 6.45) is 3.97. The molecule has 1 aromatic rings. The second-order valence-corrected chi connectivity index (χ2v) is 5.09. The zero-order valence-corrected chi connectivity index (χ0v) is 10.6. The van der Waals surface area contributed by atoms with Crippen LogP contribution in [-0.4, -0.2) is 17.1 Å². The molecule has 6 heteroatoms. The summed E-state index contributed by atoms with van der Waals surface area (Å²) < 4.78 is 18.6. The van der Waals surface area contributed by atoms with Crippen molar-refractivity contribution in [1.82, 2.24) is 0 Å². The van der Waals surface area contributed by atoms with Crippen molar-refractivity contribution in [1.29, 1.82) is 0 Å². The smallest absolute Gasteiger partial charge is 0.275 e. The van der Waals surface area contributed by atoms with E-state index in [2.05, 4.69) is 0 Å². The van der Waals surface area contributed by atoms with E-state index in [-0.39, 0.29) is 23.4 Å². The van der Waals surface area contributed by atoms with E-state index in [1.165, 1.54) is 0 Å². The molecular weight excluding hydrogens is 251 g/mol. The van der Waals surface area contributed by atoms with Crippen LogP contribution in [0, 0.1) is 15.9 Å². The molecule has 0 unspecified atom stereocenters. The molecule has 1 aliphatic carbocycles. The van der Waals surface area contributed by atoms with Crippen molar-refractivity contribution in [2.75, 3.05) is 6.61 Å². The lowest BCUT2D eigenvalue weighted by molar-refractivity contribution is -0.386. The van der Waals surface area contributed by atoms with E-state index in [1.807, 2.05) is 0 Å². The number of ether oxygens (including phenoxy) is 1. The third-order valence-electron chi connectivity index (χ3n) is 3.48. The van der Waals surface area contributed by atoms with E-state index in [4.69, 9.17) is 10.5 Å². The van der Waals surface area contributed by atoms with Crippen molar-refractivity contribution in [2.45, 2.75) is 37.8 Å². The summed E-state index contributed by atoms with van der Waals surface area (Å²) in [5, 5.41) is 10.8. The number of hydrogen-bond donors (Lipinski definition) is 1. The van der Waals surface area contributed by atoms with E-state index in [9.17, 15) is 14.5 Å². The van der Waals surface area contributed by atoms with Gasteiger partial charge in [-0.05, 0) is 25.0 Å². The topological polar surface area (TPSA) is 78.4 Å². The quantitative estimate of drug-likeness (QED) is 0.657. The molecule has 104 valence electrons. The lowest BCUT2D eigenvalue weighted by Crippen LogP contribution is -2.41. The maximum absolute atomic E-state index is 13.1. The van der Waals surface area contributed by atoms with Crippen LogP contribution in [0.15, 0.2) is 18.2 Å². The summed E-state index contributed by atoms with van der Waals surface area (Å²) in [6.45, 7) is 0.355. The van der Waals surface area contributed by atoms with E-state index in [0.717, 1.165) is 43.9 Å². The first-order chi connectivity index (χ1) is 9.00. The average Bonchev–Trinajstić information content (AvgIpc) is 2.76. The second kappa shape index (κ2) is 5.63. The molecular formula is C13H17FN2O3. The van der Waals surface area contributed by atoms with Crippen LogP contribution < -0.4 is 5.73 Å². The maximum Gasteiger partial charge on any atom is 0.275 e. The van der Waals surface area contributed by atoms with Crippen LogP contribution in [0.3, 0.4) is 0 Å². The molecule has 0 spiro atoms. The highest BCUT2D eigenvalue weighted by Crippen LogP contribution is 2.28. The van der Waals surface area contributed by atoms with Crippen molar-refractivity contribution in [3.8, 4) is 0 Å². The molecule has 0 radical (unpaired) electrons. The first kappa shape index (κ1) is 13.9. The van der Waals surface area contributed by atoms with Crippen LogP contribution in [-0.2, 0) is 11.3 Å². The minimum Gasteiger partial charge on any atom is -0.375 e. The number of nitro groups is 1. The highest BCUT2D eigenvalue weighted by Gasteiger charge is 2.29. The van der Waals surface area contributed by atoms with Gasteiger partial charge in [0, 0.05) is 11.6 Å². The molecule has 1 fully saturated rings. The van der Waals surface area contributed by atoms with Crippen molar-refractivity contribution in [2.24, 2.45) is 5.73 Å². The summed E-state index contributed by atoms with van der Waals surface area (Å²) in [5.41, 5.74) is 5.90. The zero-order chi connectivity index (χ0) is 13.9. The van der Waals surface area contributed by atoms with Gasteiger partial charge in [0.05, 0.1) is 23.7 Å². The Kier molecular flexibility index (Phi) is 4.11. The van der Waals surface area contributed by atoms with Gasteiger partial charge in [0.1, 0.15) is 5.82 Å². The van der Waals surface area contributed by atoms with E-state index in [0.29, 0.717) is 6.61 Å². The Morgan fingerprint density at radius 2 is 2.11 bits per heavy atom. The van der Waals surface area contributed by atoms with Crippen LogP contribution in [0.25, 0.3) is 0 Å². The molecule has 0 saturated heterocycles. The van der Waals surface area contributed by atoms with Gasteiger partial charge in [-0.15, -0.1) is 0 Å². The number of halogens is 1. The molecule has 0 heterocycles. The first-order valence-electron chi connectivity index (χ1n) is 6.30. The molecule has 2 N–H and O–H groups in total. The summed E-state index contributed by atoms with van der Waals surface area (Å²) in [5.74, 6) is -0.507. The van der Waals surface area contributed by atoms with Crippen LogP contribution in [0.1, 0.15) is 31.2 Å². The largest absolute Gasteiger partial charge is 0.375 e. The Balaban J connectivity index is 1.98. The number of nitro benzene ring substituents is 1. The molecule has 1 aromatic carbocycles. The fourth-order valence-corrected chi connectivity index (χ4v) is 2.44. The van der Waals surface area contributed by atoms with Gasteiger partial charge in [-0.1, -0.05) is 12.8 Å². The molecule has 19 heavy (non-hydrogen) atoms. The fraction of sp³-hybridized carbons (Fsp3) is 0.538. The predicted molar refractivity (Wildman–Crippen MR) is 68.1 cm³/mol. The Hall–Kier alpha value is -1.53. The Morgan fingerprint density at radius 1 is 1.42 bits per heavy atom. The minimum absolute atomic E-state index is 0.00697. The molecule has 5 nitrogen and oxygen atoms in total. The molecule has 0 bridgehead atoms. The number of rotatable bonds is 5. The van der Waals surface area contributed by atoms with Gasteiger partial charge in [-0.2, -0.15) is 0 Å². The lowest BCUT2D eigenvalue weighted by Gasteiger charge is -2.23. The SMILES string of the molecule is NC1(COCc2cc(F)ccc2[N+](=O)[O-])CCCC1.